The summed E-state index contributed by atoms with van der Waals surface area (Å²) in [5.74, 6) is 0. The summed E-state index contributed by atoms with van der Waals surface area (Å²) in [5, 5.41) is 3.30. The molecular weight excluding hydrogens is 466 g/mol. The first-order valence-electron chi connectivity index (χ1n) is 6.46. The van der Waals surface area contributed by atoms with Gasteiger partial charge in [-0.2, -0.15) is 0 Å². The molecule has 0 spiro atoms. The van der Waals surface area contributed by atoms with E-state index in [1.807, 2.05) is 0 Å². The zero-order valence-electron chi connectivity index (χ0n) is 14.6. The Morgan fingerprint density at radius 2 is 1.16 bits per heavy atom. The number of halogens is 2. The highest BCUT2D eigenvalue weighted by Crippen LogP contribution is 1.95. The zero-order chi connectivity index (χ0) is 16.3. The van der Waals surface area contributed by atoms with Gasteiger partial charge in [0.2, 0.25) is 0 Å². The normalized spacial score (nSPS) is 19.3. The summed E-state index contributed by atoms with van der Waals surface area (Å²) in [5.41, 5.74) is 0. The maximum Gasteiger partial charge on any atom is 0.0675 e. The lowest BCUT2D eigenvalue weighted by Crippen LogP contribution is -2.28. The van der Waals surface area contributed by atoms with Gasteiger partial charge in [0.1, 0.15) is 0 Å². The molecule has 1 aliphatic rings. The SMILES string of the molecule is CC1NCCN1C.C[N+](C)(C)C.C[N+](C)(C)C.II. The summed E-state index contributed by atoms with van der Waals surface area (Å²) in [4.78, 5) is 2.29. The molecule has 0 aromatic carbocycles. The molecule has 1 aliphatic heterocycles. The van der Waals surface area contributed by atoms with E-state index in [0.29, 0.717) is 6.17 Å². The third-order valence-corrected chi connectivity index (χ3v) is 1.57. The number of nitrogens with one attached hydrogen (secondary N) is 1. The van der Waals surface area contributed by atoms with Gasteiger partial charge in [-0.1, -0.05) is 0 Å². The Morgan fingerprint density at radius 3 is 1.21 bits per heavy atom. The van der Waals surface area contributed by atoms with Gasteiger partial charge < -0.3 is 14.3 Å². The monoisotopic (exact) mass is 502 g/mol. The fraction of sp³-hybridized carbons (Fsp3) is 1.00. The first-order chi connectivity index (χ1) is 8.30. The number of hydrogen-bond acceptors (Lipinski definition) is 2. The second-order valence-electron chi connectivity index (χ2n) is 7.48. The molecule has 1 N–H and O–H groups in total. The van der Waals surface area contributed by atoms with Crippen molar-refractivity contribution in [3.8, 4) is 0 Å². The lowest BCUT2D eigenvalue weighted by Gasteiger charge is -2.14. The van der Waals surface area contributed by atoms with Gasteiger partial charge in [-0.3, -0.25) is 4.90 Å². The van der Waals surface area contributed by atoms with E-state index in [9.17, 15) is 0 Å². The molecule has 4 nitrogen and oxygen atoms in total. The molecule has 0 amide bonds. The van der Waals surface area contributed by atoms with Gasteiger partial charge in [0.15, 0.2) is 0 Å². The van der Waals surface area contributed by atoms with Crippen molar-refractivity contribution in [3.05, 3.63) is 0 Å². The van der Waals surface area contributed by atoms with Crippen molar-refractivity contribution in [2.45, 2.75) is 13.1 Å². The quantitative estimate of drug-likeness (QED) is 0.404. The molecule has 1 atom stereocenters. The van der Waals surface area contributed by atoms with Gasteiger partial charge in [-0.15, -0.1) is 0 Å². The molecule has 0 aromatic heterocycles. The molecule has 1 fully saturated rings. The van der Waals surface area contributed by atoms with Gasteiger partial charge in [-0.25, -0.2) is 0 Å². The number of hydrogen-bond donors (Lipinski definition) is 1. The van der Waals surface area contributed by atoms with E-state index in [-0.39, 0.29) is 0 Å². The van der Waals surface area contributed by atoms with E-state index in [1.54, 1.807) is 0 Å². The average molecular weight is 502 g/mol. The van der Waals surface area contributed by atoms with Crippen LogP contribution in [-0.2, 0) is 0 Å². The van der Waals surface area contributed by atoms with Crippen molar-refractivity contribution in [2.24, 2.45) is 0 Å². The smallest absolute Gasteiger partial charge is 0.0675 e. The summed E-state index contributed by atoms with van der Waals surface area (Å²) in [6.07, 6.45) is 0.597. The maximum absolute atomic E-state index is 3.30. The van der Waals surface area contributed by atoms with Crippen LogP contribution in [0.1, 0.15) is 6.92 Å². The van der Waals surface area contributed by atoms with Crippen molar-refractivity contribution < 1.29 is 8.97 Å². The predicted molar refractivity (Wildman–Crippen MR) is 106 cm³/mol. The molecule has 1 unspecified atom stereocenters. The molecule has 0 saturated carbocycles. The van der Waals surface area contributed by atoms with Crippen LogP contribution in [0.25, 0.3) is 0 Å². The van der Waals surface area contributed by atoms with E-state index in [4.69, 9.17) is 0 Å². The Hall–Kier alpha value is 1.30. The summed E-state index contributed by atoms with van der Waals surface area (Å²) in [6.45, 7) is 4.52. The summed E-state index contributed by atoms with van der Waals surface area (Å²) in [6, 6.07) is 0. The lowest BCUT2D eigenvalue weighted by atomic mass is 10.6. The Kier molecular flexibility index (Phi) is 17.3. The maximum atomic E-state index is 3.30. The van der Waals surface area contributed by atoms with Crippen LogP contribution in [-0.4, -0.2) is 96.6 Å². The molecule has 120 valence electrons. The van der Waals surface area contributed by atoms with E-state index in [0.717, 1.165) is 15.5 Å². The molecule has 0 radical (unpaired) electrons. The Labute approximate surface area is 145 Å². The minimum Gasteiger partial charge on any atom is -0.333 e. The molecule has 1 heterocycles. The first-order valence-corrected chi connectivity index (χ1v) is 12.7. The highest BCUT2D eigenvalue weighted by Gasteiger charge is 2.12. The van der Waals surface area contributed by atoms with Gasteiger partial charge in [0.25, 0.3) is 0 Å². The van der Waals surface area contributed by atoms with Crippen molar-refractivity contribution in [3.63, 3.8) is 0 Å². The van der Waals surface area contributed by atoms with Crippen LogP contribution >= 0.6 is 37.2 Å². The van der Waals surface area contributed by atoms with Crippen LogP contribution in [0.4, 0.5) is 0 Å². The molecule has 19 heavy (non-hydrogen) atoms. The van der Waals surface area contributed by atoms with Crippen LogP contribution in [0.2, 0.25) is 0 Å². The second kappa shape index (κ2) is 13.0. The number of nitrogens with zero attached hydrogens (tertiary/aromatic N) is 3. The number of quaternary nitrogens is 2. The van der Waals surface area contributed by atoms with E-state index < -0.39 is 0 Å². The van der Waals surface area contributed by atoms with Gasteiger partial charge in [-0.05, 0) is 14.0 Å². The van der Waals surface area contributed by atoms with E-state index in [1.165, 1.54) is 6.54 Å². The van der Waals surface area contributed by atoms with Crippen LogP contribution < -0.4 is 5.32 Å². The molecular formula is C13H36I2N4+2. The lowest BCUT2D eigenvalue weighted by molar-refractivity contribution is -0.849. The van der Waals surface area contributed by atoms with Crippen molar-refractivity contribution in [1.82, 2.24) is 10.2 Å². The minimum absolute atomic E-state index is 0.597. The van der Waals surface area contributed by atoms with Crippen molar-refractivity contribution >= 4 is 37.2 Å². The van der Waals surface area contributed by atoms with Crippen LogP contribution in [0, 0.1) is 0 Å². The molecule has 0 bridgehead atoms. The standard InChI is InChI=1S/C5H12N2.2C4H12N.I2/c1-5-6-3-4-7(5)2;2*1-5(2,3)4;1-2/h5-6H,3-4H2,1-2H3;2*1-4H3;/q;2*+1;. The largest absolute Gasteiger partial charge is 0.333 e. The minimum atomic E-state index is 0.597. The third-order valence-electron chi connectivity index (χ3n) is 1.57. The molecule has 0 aromatic rings. The molecule has 1 saturated heterocycles. The van der Waals surface area contributed by atoms with Crippen molar-refractivity contribution in [1.29, 1.82) is 0 Å². The topological polar surface area (TPSA) is 15.3 Å². The van der Waals surface area contributed by atoms with Crippen molar-refractivity contribution in [2.75, 3.05) is 76.5 Å². The molecule has 0 aliphatic carbocycles. The number of likely N-dealkylation sites (N-methyl/N-ethyl adjacent to an activating group) is 1. The van der Waals surface area contributed by atoms with Gasteiger partial charge in [0.05, 0.1) is 62.5 Å². The number of rotatable bonds is 0. The average Bonchev–Trinajstić information content (AvgIpc) is 2.49. The second-order valence-corrected chi connectivity index (χ2v) is 7.48. The van der Waals surface area contributed by atoms with Crippen LogP contribution in [0.5, 0.6) is 0 Å². The fourth-order valence-corrected chi connectivity index (χ4v) is 0.799. The summed E-state index contributed by atoms with van der Waals surface area (Å²) >= 11 is 4.24. The van der Waals surface area contributed by atoms with Crippen LogP contribution in [0.15, 0.2) is 0 Å². The predicted octanol–water partition coefficient (Wildman–Crippen LogP) is 2.28. The molecule has 1 rings (SSSR count). The van der Waals surface area contributed by atoms with Gasteiger partial charge >= 0.3 is 0 Å². The highest BCUT2D eigenvalue weighted by atomic mass is 128. The summed E-state index contributed by atoms with van der Waals surface area (Å²) in [7, 11) is 19.1. The Morgan fingerprint density at radius 1 is 0.895 bits per heavy atom. The van der Waals surface area contributed by atoms with E-state index >= 15 is 0 Å². The van der Waals surface area contributed by atoms with Gasteiger partial charge in [0, 0.05) is 50.3 Å². The zero-order valence-corrected chi connectivity index (χ0v) is 18.9. The van der Waals surface area contributed by atoms with Crippen LogP contribution in [0.3, 0.4) is 0 Å². The first kappa shape index (κ1) is 25.3. The van der Waals surface area contributed by atoms with E-state index in [2.05, 4.69) is 118 Å². The Bertz CT molecular complexity index is 156. The third kappa shape index (κ3) is 45.2. The Balaban J connectivity index is -0.000000194. The fourth-order valence-electron chi connectivity index (χ4n) is 0.799. The summed E-state index contributed by atoms with van der Waals surface area (Å²) < 4.78 is 2.00. The molecule has 6 heteroatoms. The highest BCUT2D eigenvalue weighted by molar-refractivity contribution is 15.0.